The molecular weight excluding hydrogens is 358 g/mol. The Morgan fingerprint density at radius 1 is 0.862 bits per heavy atom. The van der Waals surface area contributed by atoms with Gasteiger partial charge < -0.3 is 9.80 Å². The number of anilines is 1. The first-order chi connectivity index (χ1) is 14.2. The summed E-state index contributed by atoms with van der Waals surface area (Å²) in [6.45, 7) is 4.80. The maximum absolute atomic E-state index is 8.94. The van der Waals surface area contributed by atoms with E-state index in [0.717, 1.165) is 36.2 Å². The first kappa shape index (κ1) is 18.6. The van der Waals surface area contributed by atoms with Crippen LogP contribution in [0.5, 0.6) is 0 Å². The highest BCUT2D eigenvalue weighted by atomic mass is 15.3. The van der Waals surface area contributed by atoms with E-state index >= 15 is 0 Å². The first-order valence-corrected chi connectivity index (χ1v) is 11.1. The van der Waals surface area contributed by atoms with Gasteiger partial charge in [0.1, 0.15) is 0 Å². The molecule has 1 aromatic carbocycles. The molecule has 1 spiro atoms. The minimum absolute atomic E-state index is 0.562. The summed E-state index contributed by atoms with van der Waals surface area (Å²) < 4.78 is 0. The summed E-state index contributed by atoms with van der Waals surface area (Å²) in [5.41, 5.74) is 3.08. The summed E-state index contributed by atoms with van der Waals surface area (Å²) in [6, 6.07) is 14.7. The van der Waals surface area contributed by atoms with E-state index in [1.54, 1.807) is 0 Å². The summed E-state index contributed by atoms with van der Waals surface area (Å²) in [6.07, 6.45) is 9.61. The van der Waals surface area contributed by atoms with Crippen LogP contribution in [0.2, 0.25) is 0 Å². The predicted molar refractivity (Wildman–Crippen MR) is 115 cm³/mol. The zero-order valence-corrected chi connectivity index (χ0v) is 17.1. The Balaban J connectivity index is 1.18. The Morgan fingerprint density at radius 2 is 1.55 bits per heavy atom. The number of benzene rings is 1. The maximum Gasteiger partial charge on any atom is 0.151 e. The lowest BCUT2D eigenvalue weighted by Crippen LogP contribution is -2.51. The zero-order chi connectivity index (χ0) is 19.7. The number of hydrogen-bond donors (Lipinski definition) is 0. The molecule has 0 amide bonds. The van der Waals surface area contributed by atoms with Crippen molar-refractivity contribution in [3.63, 3.8) is 0 Å². The van der Waals surface area contributed by atoms with E-state index in [9.17, 15) is 0 Å². The van der Waals surface area contributed by atoms with Crippen LogP contribution in [-0.4, -0.2) is 47.3 Å². The third-order valence-corrected chi connectivity index (χ3v) is 7.56. The third-order valence-electron chi connectivity index (χ3n) is 7.56. The number of hydrogen-bond acceptors (Lipinski definition) is 5. The van der Waals surface area contributed by atoms with E-state index in [4.69, 9.17) is 5.26 Å². The molecule has 0 bridgehead atoms. The van der Waals surface area contributed by atoms with Gasteiger partial charge in [-0.3, -0.25) is 0 Å². The summed E-state index contributed by atoms with van der Waals surface area (Å²) >= 11 is 0. The topological polar surface area (TPSA) is 56.1 Å². The molecule has 2 saturated heterocycles. The van der Waals surface area contributed by atoms with Gasteiger partial charge in [-0.1, -0.05) is 18.6 Å². The van der Waals surface area contributed by atoms with Gasteiger partial charge in [-0.15, -0.1) is 10.2 Å². The molecule has 0 unspecified atom stereocenters. The van der Waals surface area contributed by atoms with Crippen LogP contribution in [0.4, 0.5) is 5.82 Å². The van der Waals surface area contributed by atoms with E-state index in [1.165, 1.54) is 58.0 Å². The first-order valence-electron chi connectivity index (χ1n) is 11.1. The van der Waals surface area contributed by atoms with Crippen molar-refractivity contribution >= 4 is 5.82 Å². The molecule has 3 fully saturated rings. The Bertz CT molecular complexity index is 861. The molecule has 2 aliphatic heterocycles. The quantitative estimate of drug-likeness (QED) is 0.788. The molecule has 2 aromatic rings. The monoisotopic (exact) mass is 387 g/mol. The Labute approximate surface area is 173 Å². The highest BCUT2D eigenvalue weighted by Crippen LogP contribution is 2.43. The zero-order valence-electron chi connectivity index (χ0n) is 17.1. The van der Waals surface area contributed by atoms with Crippen molar-refractivity contribution in [1.82, 2.24) is 15.1 Å². The number of nitriles is 1. The van der Waals surface area contributed by atoms with Crippen LogP contribution in [0.1, 0.15) is 50.5 Å². The van der Waals surface area contributed by atoms with Crippen LogP contribution in [0.25, 0.3) is 11.3 Å². The molecule has 0 atom stereocenters. The number of aromatic nitrogens is 2. The Hall–Kier alpha value is -2.45. The summed E-state index contributed by atoms with van der Waals surface area (Å²) in [5, 5.41) is 17.9. The maximum atomic E-state index is 8.94. The Morgan fingerprint density at radius 3 is 2.10 bits per heavy atom. The molecular formula is C24H29N5. The van der Waals surface area contributed by atoms with Crippen LogP contribution in [0.15, 0.2) is 36.4 Å². The molecule has 3 aliphatic rings. The fourth-order valence-corrected chi connectivity index (χ4v) is 5.19. The number of rotatable bonds is 3. The average molecular weight is 388 g/mol. The van der Waals surface area contributed by atoms with Gasteiger partial charge in [-0.2, -0.15) is 5.26 Å². The molecule has 0 N–H and O–H groups in total. The fourth-order valence-electron chi connectivity index (χ4n) is 5.19. The van der Waals surface area contributed by atoms with Gasteiger partial charge in [-0.05, 0) is 81.3 Å². The van der Waals surface area contributed by atoms with Gasteiger partial charge in [0.05, 0.1) is 17.3 Å². The molecule has 1 aromatic heterocycles. The lowest BCUT2D eigenvalue weighted by molar-refractivity contribution is 0.0305. The minimum Gasteiger partial charge on any atom is -0.355 e. The number of nitrogens with zero attached hydrogens (tertiary/aromatic N) is 5. The molecule has 3 heterocycles. The third kappa shape index (κ3) is 3.74. The van der Waals surface area contributed by atoms with Gasteiger partial charge in [0.2, 0.25) is 0 Å². The molecule has 150 valence electrons. The van der Waals surface area contributed by atoms with Crippen molar-refractivity contribution in [3.05, 3.63) is 42.0 Å². The highest BCUT2D eigenvalue weighted by Gasteiger charge is 2.39. The second-order valence-corrected chi connectivity index (χ2v) is 9.07. The van der Waals surface area contributed by atoms with Gasteiger partial charge in [0.25, 0.3) is 0 Å². The highest BCUT2D eigenvalue weighted by molar-refractivity contribution is 5.60. The van der Waals surface area contributed by atoms with E-state index < -0.39 is 0 Å². The summed E-state index contributed by atoms with van der Waals surface area (Å²) in [4.78, 5) is 5.16. The minimum atomic E-state index is 0.562. The second-order valence-electron chi connectivity index (χ2n) is 9.07. The van der Waals surface area contributed by atoms with Crippen molar-refractivity contribution in [2.75, 3.05) is 31.1 Å². The lowest BCUT2D eigenvalue weighted by atomic mass is 9.70. The predicted octanol–water partition coefficient (Wildman–Crippen LogP) is 4.25. The average Bonchev–Trinajstić information content (AvgIpc) is 2.75. The largest absolute Gasteiger partial charge is 0.355 e. The van der Waals surface area contributed by atoms with Crippen LogP contribution in [-0.2, 0) is 0 Å². The standard InChI is InChI=1S/C24H29N5/c25-18-19-4-6-20(7-5-19)22-8-9-23(27-26-22)29-16-12-24(13-17-29)10-14-28(15-11-24)21-2-1-3-21/h4-9,21H,1-3,10-17H2. The second kappa shape index (κ2) is 7.76. The van der Waals surface area contributed by atoms with E-state index in [1.807, 2.05) is 30.3 Å². The summed E-state index contributed by atoms with van der Waals surface area (Å²) in [5.74, 6) is 0.990. The van der Waals surface area contributed by atoms with Crippen molar-refractivity contribution in [2.24, 2.45) is 5.41 Å². The lowest BCUT2D eigenvalue weighted by Gasteiger charge is -2.50. The SMILES string of the molecule is N#Cc1ccc(-c2ccc(N3CCC4(CC3)CCN(C3CCC3)CC4)nn2)cc1. The van der Waals surface area contributed by atoms with Gasteiger partial charge >= 0.3 is 0 Å². The smallest absolute Gasteiger partial charge is 0.151 e. The van der Waals surface area contributed by atoms with Gasteiger partial charge in [0.15, 0.2) is 5.82 Å². The number of piperidine rings is 2. The van der Waals surface area contributed by atoms with E-state index in [0.29, 0.717) is 11.0 Å². The van der Waals surface area contributed by atoms with Crippen LogP contribution < -0.4 is 4.90 Å². The van der Waals surface area contributed by atoms with E-state index in [2.05, 4.69) is 32.1 Å². The summed E-state index contributed by atoms with van der Waals surface area (Å²) in [7, 11) is 0. The van der Waals surface area contributed by atoms with Crippen molar-refractivity contribution in [3.8, 4) is 17.3 Å². The molecule has 5 rings (SSSR count). The van der Waals surface area contributed by atoms with Gasteiger partial charge in [-0.25, -0.2) is 0 Å². The Kier molecular flexibility index (Phi) is 4.97. The van der Waals surface area contributed by atoms with Crippen molar-refractivity contribution < 1.29 is 0 Å². The molecule has 1 saturated carbocycles. The molecule has 0 radical (unpaired) electrons. The fraction of sp³-hybridized carbons (Fsp3) is 0.542. The number of likely N-dealkylation sites (tertiary alicyclic amines) is 1. The molecule has 29 heavy (non-hydrogen) atoms. The van der Waals surface area contributed by atoms with Crippen LogP contribution >= 0.6 is 0 Å². The van der Waals surface area contributed by atoms with Gasteiger partial charge in [0, 0.05) is 24.7 Å². The molecule has 5 nitrogen and oxygen atoms in total. The van der Waals surface area contributed by atoms with Crippen molar-refractivity contribution in [2.45, 2.75) is 51.0 Å². The van der Waals surface area contributed by atoms with E-state index in [-0.39, 0.29) is 0 Å². The van der Waals surface area contributed by atoms with Crippen LogP contribution in [0, 0.1) is 16.7 Å². The van der Waals surface area contributed by atoms with Crippen LogP contribution in [0.3, 0.4) is 0 Å². The normalized spacial score (nSPS) is 22.2. The molecule has 5 heteroatoms. The molecule has 1 aliphatic carbocycles. The van der Waals surface area contributed by atoms with Crippen molar-refractivity contribution in [1.29, 1.82) is 5.26 Å².